The molecule has 2 fully saturated rings. The summed E-state index contributed by atoms with van der Waals surface area (Å²) < 4.78 is 5.40. The van der Waals surface area contributed by atoms with Crippen LogP contribution in [0.2, 0.25) is 5.02 Å². The molecule has 2 aliphatic rings. The van der Waals surface area contributed by atoms with E-state index in [-0.39, 0.29) is 5.57 Å². The number of carbonyl (C=O) groups excluding carboxylic acids is 3. The van der Waals surface area contributed by atoms with Crippen LogP contribution >= 0.6 is 11.6 Å². The average molecular weight is 412 g/mol. The first-order chi connectivity index (χ1) is 14.0. The van der Waals surface area contributed by atoms with Gasteiger partial charge in [-0.1, -0.05) is 29.8 Å². The summed E-state index contributed by atoms with van der Waals surface area (Å²) in [6.45, 7) is 2.66. The van der Waals surface area contributed by atoms with Crippen molar-refractivity contribution in [2.75, 3.05) is 36.1 Å². The highest BCUT2D eigenvalue weighted by Gasteiger charge is 2.37. The maximum absolute atomic E-state index is 13.0. The molecule has 1 N–H and O–H groups in total. The van der Waals surface area contributed by atoms with Crippen molar-refractivity contribution in [3.05, 3.63) is 64.7 Å². The largest absolute Gasteiger partial charge is 0.378 e. The number of anilines is 2. The molecule has 2 aromatic rings. The van der Waals surface area contributed by atoms with Gasteiger partial charge in [0.25, 0.3) is 11.8 Å². The zero-order valence-electron chi connectivity index (χ0n) is 15.4. The smallest absolute Gasteiger partial charge is 0.335 e. The molecule has 148 valence electrons. The van der Waals surface area contributed by atoms with E-state index in [4.69, 9.17) is 16.3 Å². The first kappa shape index (κ1) is 19.2. The molecule has 0 aromatic heterocycles. The van der Waals surface area contributed by atoms with Crippen molar-refractivity contribution in [2.24, 2.45) is 0 Å². The Morgan fingerprint density at radius 3 is 2.38 bits per heavy atom. The Kier molecular flexibility index (Phi) is 5.33. The topological polar surface area (TPSA) is 79.0 Å². The lowest BCUT2D eigenvalue weighted by Crippen LogP contribution is -2.54. The van der Waals surface area contributed by atoms with Crippen molar-refractivity contribution >= 4 is 46.9 Å². The third-order valence-electron chi connectivity index (χ3n) is 4.77. The highest BCUT2D eigenvalue weighted by Crippen LogP contribution is 2.27. The molecular weight excluding hydrogens is 394 g/mol. The summed E-state index contributed by atoms with van der Waals surface area (Å²) in [6, 6.07) is 13.0. The molecule has 4 rings (SSSR count). The fourth-order valence-electron chi connectivity index (χ4n) is 3.34. The van der Waals surface area contributed by atoms with Gasteiger partial charge in [0, 0.05) is 23.8 Å². The molecule has 0 radical (unpaired) electrons. The van der Waals surface area contributed by atoms with Crippen LogP contribution < -0.4 is 15.1 Å². The van der Waals surface area contributed by atoms with Crippen molar-refractivity contribution in [3.8, 4) is 0 Å². The number of para-hydroxylation sites is 1. The van der Waals surface area contributed by atoms with E-state index in [1.54, 1.807) is 24.3 Å². The van der Waals surface area contributed by atoms with Crippen LogP contribution in [0.1, 0.15) is 5.56 Å². The summed E-state index contributed by atoms with van der Waals surface area (Å²) in [6.07, 6.45) is 1.53. The van der Waals surface area contributed by atoms with Gasteiger partial charge in [0.15, 0.2) is 0 Å². The Morgan fingerprint density at radius 1 is 0.966 bits per heavy atom. The number of imide groups is 2. The number of nitrogens with zero attached hydrogens (tertiary/aromatic N) is 2. The Balaban J connectivity index is 1.71. The predicted molar refractivity (Wildman–Crippen MR) is 110 cm³/mol. The molecule has 0 spiro atoms. The standard InChI is InChI=1S/C21H18ClN3O4/c22-15-5-7-16(8-6-15)25-20(27)17(19(26)23-21(25)28)13-14-3-1-2-4-18(14)24-9-11-29-12-10-24/h1-8,13H,9-12H2,(H,23,26,28)/b17-13-. The molecule has 0 saturated carbocycles. The molecule has 0 bridgehead atoms. The van der Waals surface area contributed by atoms with Gasteiger partial charge < -0.3 is 9.64 Å². The number of barbiturate groups is 1. The Morgan fingerprint density at radius 2 is 1.66 bits per heavy atom. The van der Waals surface area contributed by atoms with E-state index >= 15 is 0 Å². The van der Waals surface area contributed by atoms with Crippen molar-refractivity contribution in [1.82, 2.24) is 5.32 Å². The second kappa shape index (κ2) is 8.06. The van der Waals surface area contributed by atoms with Crippen LogP contribution in [0.4, 0.5) is 16.2 Å². The molecule has 0 aliphatic carbocycles. The average Bonchev–Trinajstić information content (AvgIpc) is 2.73. The number of rotatable bonds is 3. The van der Waals surface area contributed by atoms with Crippen LogP contribution in [-0.4, -0.2) is 44.1 Å². The Bertz CT molecular complexity index is 997. The van der Waals surface area contributed by atoms with Gasteiger partial charge in [-0.25, -0.2) is 9.69 Å². The van der Waals surface area contributed by atoms with Gasteiger partial charge in [-0.15, -0.1) is 0 Å². The fraction of sp³-hybridized carbons (Fsp3) is 0.190. The summed E-state index contributed by atoms with van der Waals surface area (Å²) in [5.74, 6) is -1.40. The second-order valence-electron chi connectivity index (χ2n) is 6.59. The zero-order chi connectivity index (χ0) is 20.4. The minimum atomic E-state index is -0.791. The number of carbonyl (C=O) groups is 3. The predicted octanol–water partition coefficient (Wildman–Crippen LogP) is 2.84. The molecule has 0 unspecified atom stereocenters. The lowest BCUT2D eigenvalue weighted by Gasteiger charge is -2.30. The summed E-state index contributed by atoms with van der Waals surface area (Å²) in [4.78, 5) is 40.8. The molecule has 29 heavy (non-hydrogen) atoms. The number of morpholine rings is 1. The van der Waals surface area contributed by atoms with Crippen molar-refractivity contribution in [2.45, 2.75) is 0 Å². The number of hydrogen-bond donors (Lipinski definition) is 1. The van der Waals surface area contributed by atoms with E-state index in [1.165, 1.54) is 6.08 Å². The number of hydrogen-bond acceptors (Lipinski definition) is 5. The third-order valence-corrected chi connectivity index (χ3v) is 5.03. The molecule has 2 aliphatic heterocycles. The number of urea groups is 1. The van der Waals surface area contributed by atoms with Gasteiger partial charge in [-0.05, 0) is 42.0 Å². The molecule has 2 aromatic carbocycles. The van der Waals surface area contributed by atoms with Gasteiger partial charge in [0.2, 0.25) is 0 Å². The molecule has 7 nitrogen and oxygen atoms in total. The van der Waals surface area contributed by atoms with Gasteiger partial charge in [-0.2, -0.15) is 0 Å². The molecule has 4 amide bonds. The van der Waals surface area contributed by atoms with E-state index in [0.29, 0.717) is 23.9 Å². The molecular formula is C21H18ClN3O4. The van der Waals surface area contributed by atoms with E-state index in [2.05, 4.69) is 10.2 Å². The van der Waals surface area contributed by atoms with Crippen LogP contribution in [-0.2, 0) is 14.3 Å². The van der Waals surface area contributed by atoms with Crippen molar-refractivity contribution in [3.63, 3.8) is 0 Å². The minimum absolute atomic E-state index is 0.111. The molecule has 2 heterocycles. The summed E-state index contributed by atoms with van der Waals surface area (Å²) in [5.41, 5.74) is 1.84. The number of amides is 4. The van der Waals surface area contributed by atoms with Crippen LogP contribution in [0.25, 0.3) is 6.08 Å². The monoisotopic (exact) mass is 411 g/mol. The fourth-order valence-corrected chi connectivity index (χ4v) is 3.47. The molecule has 0 atom stereocenters. The quantitative estimate of drug-likeness (QED) is 0.620. The second-order valence-corrected chi connectivity index (χ2v) is 7.03. The highest BCUT2D eigenvalue weighted by atomic mass is 35.5. The maximum atomic E-state index is 13.0. The van der Waals surface area contributed by atoms with Crippen molar-refractivity contribution in [1.29, 1.82) is 0 Å². The van der Waals surface area contributed by atoms with Crippen LogP contribution in [0.15, 0.2) is 54.1 Å². The Labute approximate surface area is 172 Å². The first-order valence-corrected chi connectivity index (χ1v) is 9.51. The number of halogens is 1. The molecule has 8 heteroatoms. The Hall–Kier alpha value is -3.16. The number of ether oxygens (including phenoxy) is 1. The highest BCUT2D eigenvalue weighted by molar-refractivity contribution is 6.39. The summed E-state index contributed by atoms with van der Waals surface area (Å²) in [7, 11) is 0. The van der Waals surface area contributed by atoms with Crippen LogP contribution in [0.5, 0.6) is 0 Å². The lowest BCUT2D eigenvalue weighted by molar-refractivity contribution is -0.122. The maximum Gasteiger partial charge on any atom is 0.335 e. The number of nitrogens with one attached hydrogen (secondary N) is 1. The van der Waals surface area contributed by atoms with Gasteiger partial charge >= 0.3 is 6.03 Å². The van der Waals surface area contributed by atoms with Gasteiger partial charge in [0.05, 0.1) is 18.9 Å². The van der Waals surface area contributed by atoms with E-state index in [1.807, 2.05) is 24.3 Å². The van der Waals surface area contributed by atoms with E-state index < -0.39 is 17.8 Å². The SMILES string of the molecule is O=C1NC(=O)N(c2ccc(Cl)cc2)C(=O)/C1=C\c1ccccc1N1CCOCC1. The summed E-state index contributed by atoms with van der Waals surface area (Å²) in [5, 5.41) is 2.71. The van der Waals surface area contributed by atoms with Gasteiger partial charge in [-0.3, -0.25) is 14.9 Å². The lowest BCUT2D eigenvalue weighted by atomic mass is 10.0. The normalized spacial score (nSPS) is 18.9. The van der Waals surface area contributed by atoms with Crippen LogP contribution in [0, 0.1) is 0 Å². The van der Waals surface area contributed by atoms with Gasteiger partial charge in [0.1, 0.15) is 5.57 Å². The van der Waals surface area contributed by atoms with Crippen LogP contribution in [0.3, 0.4) is 0 Å². The minimum Gasteiger partial charge on any atom is -0.378 e. The van der Waals surface area contributed by atoms with E-state index in [9.17, 15) is 14.4 Å². The van der Waals surface area contributed by atoms with E-state index in [0.717, 1.165) is 29.2 Å². The number of benzene rings is 2. The third kappa shape index (κ3) is 3.87. The first-order valence-electron chi connectivity index (χ1n) is 9.13. The van der Waals surface area contributed by atoms with Crippen molar-refractivity contribution < 1.29 is 19.1 Å². The molecule has 2 saturated heterocycles. The zero-order valence-corrected chi connectivity index (χ0v) is 16.2. The summed E-state index contributed by atoms with van der Waals surface area (Å²) >= 11 is 5.89.